The monoisotopic (exact) mass is 339 g/mol. The fourth-order valence-corrected chi connectivity index (χ4v) is 2.34. The molecule has 2 nitrogen and oxygen atoms in total. The van der Waals surface area contributed by atoms with Gasteiger partial charge in [0.15, 0.2) is 0 Å². The van der Waals surface area contributed by atoms with Crippen molar-refractivity contribution in [2.75, 3.05) is 0 Å². The van der Waals surface area contributed by atoms with Crippen LogP contribution in [0.4, 0.5) is 0 Å². The van der Waals surface area contributed by atoms with Gasteiger partial charge in [-0.05, 0) is 52.0 Å². The SMILES string of the molecule is Cc1ccc(C(C)C)cc1Oc1ncc(Br)cc1Cl. The fraction of sp³-hybridized carbons (Fsp3) is 0.267. The number of hydrogen-bond acceptors (Lipinski definition) is 2. The molecule has 0 fully saturated rings. The second kappa shape index (κ2) is 5.93. The van der Waals surface area contributed by atoms with E-state index in [1.54, 1.807) is 12.3 Å². The third-order valence-electron chi connectivity index (χ3n) is 2.86. The molecule has 0 aliphatic rings. The summed E-state index contributed by atoms with van der Waals surface area (Å²) in [6.45, 7) is 6.31. The zero-order valence-corrected chi connectivity index (χ0v) is 13.4. The van der Waals surface area contributed by atoms with Crippen LogP contribution in [0.15, 0.2) is 34.9 Å². The zero-order chi connectivity index (χ0) is 14.0. The third-order valence-corrected chi connectivity index (χ3v) is 3.56. The number of benzene rings is 1. The predicted molar refractivity (Wildman–Crippen MR) is 82.3 cm³/mol. The predicted octanol–water partition coefficient (Wildman–Crippen LogP) is 5.72. The molecule has 0 aliphatic carbocycles. The van der Waals surface area contributed by atoms with Gasteiger partial charge in [-0.1, -0.05) is 37.6 Å². The van der Waals surface area contributed by atoms with Crippen LogP contribution >= 0.6 is 27.5 Å². The Morgan fingerprint density at radius 2 is 2.00 bits per heavy atom. The average Bonchev–Trinajstić information content (AvgIpc) is 2.34. The number of halogens is 2. The lowest BCUT2D eigenvalue weighted by atomic mass is 10.0. The summed E-state index contributed by atoms with van der Waals surface area (Å²) >= 11 is 9.44. The summed E-state index contributed by atoms with van der Waals surface area (Å²) in [4.78, 5) is 4.19. The van der Waals surface area contributed by atoms with Gasteiger partial charge in [-0.25, -0.2) is 4.98 Å². The van der Waals surface area contributed by atoms with Crippen LogP contribution in [0.1, 0.15) is 30.9 Å². The molecule has 0 unspecified atom stereocenters. The van der Waals surface area contributed by atoms with Crippen LogP contribution < -0.4 is 4.74 Å². The highest BCUT2D eigenvalue weighted by Gasteiger charge is 2.09. The third kappa shape index (κ3) is 3.48. The summed E-state index contributed by atoms with van der Waals surface area (Å²) in [5.41, 5.74) is 2.29. The molecule has 0 bridgehead atoms. The molecule has 0 amide bonds. The number of nitrogens with zero attached hydrogens (tertiary/aromatic N) is 1. The molecule has 1 aromatic heterocycles. The molecule has 1 heterocycles. The molecule has 0 radical (unpaired) electrons. The molecule has 0 saturated heterocycles. The molecule has 4 heteroatoms. The van der Waals surface area contributed by atoms with Gasteiger partial charge in [0, 0.05) is 10.7 Å². The molecule has 0 atom stereocenters. The maximum absolute atomic E-state index is 6.12. The van der Waals surface area contributed by atoms with Crippen molar-refractivity contribution in [2.24, 2.45) is 0 Å². The van der Waals surface area contributed by atoms with Gasteiger partial charge in [0.2, 0.25) is 5.88 Å². The van der Waals surface area contributed by atoms with Crippen LogP contribution in [0.25, 0.3) is 0 Å². The Labute approximate surface area is 126 Å². The van der Waals surface area contributed by atoms with E-state index >= 15 is 0 Å². The molecule has 0 N–H and O–H groups in total. The largest absolute Gasteiger partial charge is 0.437 e. The maximum atomic E-state index is 6.12. The standard InChI is InChI=1S/C15H15BrClNO/c1-9(2)11-5-4-10(3)14(6-11)19-15-13(17)7-12(16)8-18-15/h4-9H,1-3H3. The van der Waals surface area contributed by atoms with Gasteiger partial charge in [0.1, 0.15) is 10.8 Å². The lowest BCUT2D eigenvalue weighted by Gasteiger charge is -2.12. The summed E-state index contributed by atoms with van der Waals surface area (Å²) in [7, 11) is 0. The highest BCUT2D eigenvalue weighted by molar-refractivity contribution is 9.10. The molecule has 2 aromatic rings. The molecule has 1 aromatic carbocycles. The van der Waals surface area contributed by atoms with E-state index in [0.29, 0.717) is 16.8 Å². The van der Waals surface area contributed by atoms with E-state index in [1.165, 1.54) is 5.56 Å². The van der Waals surface area contributed by atoms with E-state index in [4.69, 9.17) is 16.3 Å². The van der Waals surface area contributed by atoms with Gasteiger partial charge in [0.05, 0.1) is 0 Å². The van der Waals surface area contributed by atoms with Gasteiger partial charge >= 0.3 is 0 Å². The van der Waals surface area contributed by atoms with E-state index < -0.39 is 0 Å². The first-order chi connectivity index (χ1) is 8.97. The number of pyridine rings is 1. The van der Waals surface area contributed by atoms with Crippen LogP contribution in [-0.4, -0.2) is 4.98 Å². The van der Waals surface area contributed by atoms with E-state index in [1.807, 2.05) is 13.0 Å². The molecule has 0 spiro atoms. The normalized spacial score (nSPS) is 10.8. The lowest BCUT2D eigenvalue weighted by molar-refractivity contribution is 0.458. The molecular weight excluding hydrogens is 326 g/mol. The first-order valence-electron chi connectivity index (χ1n) is 6.07. The number of rotatable bonds is 3. The summed E-state index contributed by atoms with van der Waals surface area (Å²) in [6, 6.07) is 7.98. The maximum Gasteiger partial charge on any atom is 0.238 e. The summed E-state index contributed by atoms with van der Waals surface area (Å²) in [5.74, 6) is 1.67. The first-order valence-corrected chi connectivity index (χ1v) is 7.24. The smallest absolute Gasteiger partial charge is 0.238 e. The molecule has 19 heavy (non-hydrogen) atoms. The van der Waals surface area contributed by atoms with Gasteiger partial charge in [-0.15, -0.1) is 0 Å². The van der Waals surface area contributed by atoms with Crippen LogP contribution in [-0.2, 0) is 0 Å². The van der Waals surface area contributed by atoms with E-state index in [2.05, 4.69) is 46.9 Å². The van der Waals surface area contributed by atoms with E-state index in [9.17, 15) is 0 Å². The summed E-state index contributed by atoms with van der Waals surface area (Å²) in [6.07, 6.45) is 1.67. The number of aryl methyl sites for hydroxylation is 1. The van der Waals surface area contributed by atoms with Crippen molar-refractivity contribution >= 4 is 27.5 Å². The van der Waals surface area contributed by atoms with Crippen molar-refractivity contribution in [1.29, 1.82) is 0 Å². The quantitative estimate of drug-likeness (QED) is 0.712. The number of ether oxygens (including phenoxy) is 1. The van der Waals surface area contributed by atoms with Crippen molar-refractivity contribution in [3.63, 3.8) is 0 Å². The minimum atomic E-state index is 0.425. The zero-order valence-electron chi connectivity index (χ0n) is 11.1. The van der Waals surface area contributed by atoms with Crippen LogP contribution in [0.2, 0.25) is 5.02 Å². The van der Waals surface area contributed by atoms with E-state index in [-0.39, 0.29) is 0 Å². The first kappa shape index (κ1) is 14.4. The highest BCUT2D eigenvalue weighted by atomic mass is 79.9. The number of aromatic nitrogens is 1. The van der Waals surface area contributed by atoms with Gasteiger partial charge in [-0.2, -0.15) is 0 Å². The Hall–Kier alpha value is -1.06. The second-order valence-electron chi connectivity index (χ2n) is 4.72. The minimum absolute atomic E-state index is 0.425. The Bertz CT molecular complexity index is 599. The van der Waals surface area contributed by atoms with Crippen LogP contribution in [0, 0.1) is 6.92 Å². The molecule has 0 aliphatic heterocycles. The van der Waals surface area contributed by atoms with Gasteiger partial charge in [-0.3, -0.25) is 0 Å². The molecule has 0 saturated carbocycles. The molecule has 2 rings (SSSR count). The molecule has 100 valence electrons. The fourth-order valence-electron chi connectivity index (χ4n) is 1.67. The van der Waals surface area contributed by atoms with E-state index in [0.717, 1.165) is 15.8 Å². The lowest BCUT2D eigenvalue weighted by Crippen LogP contribution is -1.94. The topological polar surface area (TPSA) is 22.1 Å². The second-order valence-corrected chi connectivity index (χ2v) is 6.05. The van der Waals surface area contributed by atoms with Crippen LogP contribution in [0.5, 0.6) is 11.6 Å². The van der Waals surface area contributed by atoms with Crippen LogP contribution in [0.3, 0.4) is 0 Å². The molecular formula is C15H15BrClNO. The van der Waals surface area contributed by atoms with Crippen molar-refractivity contribution in [1.82, 2.24) is 4.98 Å². The summed E-state index contributed by atoms with van der Waals surface area (Å²) in [5, 5.41) is 0.490. The Morgan fingerprint density at radius 1 is 1.26 bits per heavy atom. The Balaban J connectivity index is 2.34. The Kier molecular flexibility index (Phi) is 4.48. The Morgan fingerprint density at radius 3 is 2.63 bits per heavy atom. The van der Waals surface area contributed by atoms with Gasteiger partial charge < -0.3 is 4.74 Å². The van der Waals surface area contributed by atoms with Crippen molar-refractivity contribution in [3.05, 3.63) is 51.1 Å². The number of hydrogen-bond donors (Lipinski definition) is 0. The van der Waals surface area contributed by atoms with Crippen molar-refractivity contribution < 1.29 is 4.74 Å². The van der Waals surface area contributed by atoms with Crippen molar-refractivity contribution in [2.45, 2.75) is 26.7 Å². The minimum Gasteiger partial charge on any atom is -0.437 e. The van der Waals surface area contributed by atoms with Crippen molar-refractivity contribution in [3.8, 4) is 11.6 Å². The van der Waals surface area contributed by atoms with Gasteiger partial charge in [0.25, 0.3) is 0 Å². The average molecular weight is 341 g/mol. The highest BCUT2D eigenvalue weighted by Crippen LogP contribution is 2.32. The summed E-state index contributed by atoms with van der Waals surface area (Å²) < 4.78 is 6.65.